The number of rotatable bonds is 3. The van der Waals surface area contributed by atoms with Gasteiger partial charge in [-0.15, -0.1) is 0 Å². The summed E-state index contributed by atoms with van der Waals surface area (Å²) in [7, 11) is -3.48. The number of ether oxygens (including phenoxy) is 1. The van der Waals surface area contributed by atoms with E-state index in [1.807, 2.05) is 0 Å². The molecule has 0 N–H and O–H groups in total. The highest BCUT2D eigenvalue weighted by molar-refractivity contribution is 7.89. The van der Waals surface area contributed by atoms with Crippen LogP contribution in [0.25, 0.3) is 0 Å². The normalized spacial score (nSPS) is 19.1. The number of nitrogens with zero attached hydrogens (tertiary/aromatic N) is 2. The van der Waals surface area contributed by atoms with E-state index in [0.717, 1.165) is 12.8 Å². The Labute approximate surface area is 165 Å². The molecule has 7 heteroatoms. The second kappa shape index (κ2) is 7.43. The second-order valence-corrected chi connectivity index (χ2v) is 9.49. The molecule has 0 bridgehead atoms. The third-order valence-electron chi connectivity index (χ3n) is 5.41. The van der Waals surface area contributed by atoms with Crippen LogP contribution >= 0.6 is 11.6 Å². The van der Waals surface area contributed by atoms with Crippen LogP contribution in [0.1, 0.15) is 24.0 Å². The number of benzene rings is 2. The van der Waals surface area contributed by atoms with E-state index in [-0.39, 0.29) is 6.04 Å². The molecule has 0 atom stereocenters. The average Bonchev–Trinajstić information content (AvgIpc) is 2.68. The number of piperidine rings is 1. The Bertz CT molecular complexity index is 923. The van der Waals surface area contributed by atoms with Crippen LogP contribution < -0.4 is 4.90 Å². The molecule has 5 nitrogen and oxygen atoms in total. The van der Waals surface area contributed by atoms with Gasteiger partial charge in [0.05, 0.1) is 11.5 Å². The fourth-order valence-electron chi connectivity index (χ4n) is 4.00. The van der Waals surface area contributed by atoms with Crippen molar-refractivity contribution < 1.29 is 13.2 Å². The maximum Gasteiger partial charge on any atom is 0.243 e. The van der Waals surface area contributed by atoms with Crippen LogP contribution in [0.15, 0.2) is 47.4 Å². The van der Waals surface area contributed by atoms with Crippen molar-refractivity contribution in [1.82, 2.24) is 4.31 Å². The molecule has 2 aliphatic heterocycles. The number of hydrogen-bond acceptors (Lipinski definition) is 4. The maximum absolute atomic E-state index is 12.9. The molecule has 0 radical (unpaired) electrons. The minimum absolute atomic E-state index is 0.279. The van der Waals surface area contributed by atoms with Crippen molar-refractivity contribution in [3.8, 4) is 0 Å². The van der Waals surface area contributed by atoms with Crippen LogP contribution in [-0.2, 0) is 21.4 Å². The molecule has 0 unspecified atom stereocenters. The van der Waals surface area contributed by atoms with Crippen molar-refractivity contribution in [2.24, 2.45) is 0 Å². The number of fused-ring (bicyclic) bond motifs is 1. The number of hydrogen-bond donors (Lipinski definition) is 0. The predicted molar refractivity (Wildman–Crippen MR) is 107 cm³/mol. The van der Waals surface area contributed by atoms with Gasteiger partial charge >= 0.3 is 0 Å². The minimum atomic E-state index is -3.48. The molecule has 0 amide bonds. The quantitative estimate of drug-likeness (QED) is 0.778. The first-order valence-electron chi connectivity index (χ1n) is 9.15. The van der Waals surface area contributed by atoms with Gasteiger partial charge in [0, 0.05) is 35.4 Å². The van der Waals surface area contributed by atoms with Crippen LogP contribution in [0, 0.1) is 6.92 Å². The van der Waals surface area contributed by atoms with Crippen LogP contribution in [0.3, 0.4) is 0 Å². The molecule has 2 aliphatic rings. The lowest BCUT2D eigenvalue weighted by atomic mass is 10.00. The molecular formula is C20H23ClN2O3S. The van der Waals surface area contributed by atoms with E-state index in [0.29, 0.717) is 36.3 Å². The van der Waals surface area contributed by atoms with Gasteiger partial charge in [0.15, 0.2) is 0 Å². The van der Waals surface area contributed by atoms with Crippen molar-refractivity contribution in [2.45, 2.75) is 37.3 Å². The third kappa shape index (κ3) is 3.59. The van der Waals surface area contributed by atoms with Gasteiger partial charge in [-0.25, -0.2) is 8.42 Å². The van der Waals surface area contributed by atoms with Gasteiger partial charge in [-0.2, -0.15) is 4.31 Å². The van der Waals surface area contributed by atoms with Crippen molar-refractivity contribution in [2.75, 3.05) is 24.7 Å². The number of para-hydroxylation sites is 1. The standard InChI is InChI=1S/C20H23ClN2O3S/c1-15-3-2-4-16-13-26-14-23(20(15)16)18-9-11-22(12-10-18)27(24,25)19-7-5-17(21)6-8-19/h2-8,18H,9-14H2,1H3. The number of anilines is 1. The Morgan fingerprint density at radius 2 is 1.78 bits per heavy atom. The molecule has 2 aromatic rings. The third-order valence-corrected chi connectivity index (χ3v) is 7.58. The summed E-state index contributed by atoms with van der Waals surface area (Å²) in [6.45, 7) is 4.34. The summed E-state index contributed by atoms with van der Waals surface area (Å²) in [4.78, 5) is 2.60. The molecule has 1 saturated heterocycles. The van der Waals surface area contributed by atoms with Gasteiger partial charge in [0.25, 0.3) is 0 Å². The van der Waals surface area contributed by atoms with Crippen molar-refractivity contribution in [3.63, 3.8) is 0 Å². The first kappa shape index (κ1) is 18.7. The van der Waals surface area contributed by atoms with E-state index in [1.165, 1.54) is 16.8 Å². The summed E-state index contributed by atoms with van der Waals surface area (Å²) >= 11 is 5.88. The van der Waals surface area contributed by atoms with Gasteiger partial charge in [-0.05, 0) is 49.6 Å². The Morgan fingerprint density at radius 3 is 2.48 bits per heavy atom. The Hall–Kier alpha value is -1.60. The molecular weight excluding hydrogens is 384 g/mol. The summed E-state index contributed by atoms with van der Waals surface area (Å²) in [5.41, 5.74) is 3.70. The van der Waals surface area contributed by atoms with E-state index < -0.39 is 10.0 Å². The van der Waals surface area contributed by atoms with Crippen molar-refractivity contribution in [1.29, 1.82) is 0 Å². The van der Waals surface area contributed by atoms with Crippen LogP contribution in [0.5, 0.6) is 0 Å². The molecule has 2 heterocycles. The van der Waals surface area contributed by atoms with Gasteiger partial charge in [-0.1, -0.05) is 29.8 Å². The summed E-state index contributed by atoms with van der Waals surface area (Å²) < 4.78 is 33.1. The van der Waals surface area contributed by atoms with E-state index in [2.05, 4.69) is 30.0 Å². The lowest BCUT2D eigenvalue weighted by molar-refractivity contribution is 0.0986. The smallest absolute Gasteiger partial charge is 0.243 e. The Morgan fingerprint density at radius 1 is 1.07 bits per heavy atom. The predicted octanol–water partition coefficient (Wildman–Crippen LogP) is 3.80. The zero-order chi connectivity index (χ0) is 19.0. The first-order valence-corrected chi connectivity index (χ1v) is 11.0. The fourth-order valence-corrected chi connectivity index (χ4v) is 5.60. The Balaban J connectivity index is 1.50. The molecule has 0 spiro atoms. The zero-order valence-electron chi connectivity index (χ0n) is 15.3. The highest BCUT2D eigenvalue weighted by Gasteiger charge is 2.33. The minimum Gasteiger partial charge on any atom is -0.356 e. The lowest BCUT2D eigenvalue weighted by Crippen LogP contribution is -2.48. The Kier molecular flexibility index (Phi) is 5.16. The molecule has 4 rings (SSSR count). The molecule has 144 valence electrons. The zero-order valence-corrected chi connectivity index (χ0v) is 16.8. The topological polar surface area (TPSA) is 49.9 Å². The lowest BCUT2D eigenvalue weighted by Gasteiger charge is -2.42. The number of aryl methyl sites for hydroxylation is 1. The molecule has 1 fully saturated rings. The fraction of sp³-hybridized carbons (Fsp3) is 0.400. The molecule has 27 heavy (non-hydrogen) atoms. The molecule has 2 aromatic carbocycles. The average molecular weight is 407 g/mol. The van der Waals surface area contributed by atoms with E-state index in [1.54, 1.807) is 28.6 Å². The van der Waals surface area contributed by atoms with E-state index in [4.69, 9.17) is 16.3 Å². The molecule has 0 aromatic heterocycles. The number of halogens is 1. The number of sulfonamides is 1. The van der Waals surface area contributed by atoms with Gasteiger partial charge in [0.2, 0.25) is 10.0 Å². The summed E-state index contributed by atoms with van der Waals surface area (Å²) in [6, 6.07) is 12.9. The van der Waals surface area contributed by atoms with Gasteiger partial charge in [0.1, 0.15) is 6.73 Å². The van der Waals surface area contributed by atoms with Gasteiger partial charge in [-0.3, -0.25) is 0 Å². The van der Waals surface area contributed by atoms with Crippen LogP contribution in [-0.4, -0.2) is 38.6 Å². The highest BCUT2D eigenvalue weighted by Crippen LogP contribution is 2.34. The van der Waals surface area contributed by atoms with E-state index >= 15 is 0 Å². The molecule has 0 saturated carbocycles. The first-order chi connectivity index (χ1) is 13.0. The SMILES string of the molecule is Cc1cccc2c1N(C1CCN(S(=O)(=O)c3ccc(Cl)cc3)CC1)COC2. The summed E-state index contributed by atoms with van der Waals surface area (Å²) in [5, 5.41) is 0.534. The largest absolute Gasteiger partial charge is 0.356 e. The van der Waals surface area contributed by atoms with E-state index in [9.17, 15) is 8.42 Å². The summed E-state index contributed by atoms with van der Waals surface area (Å²) in [6.07, 6.45) is 1.56. The second-order valence-electron chi connectivity index (χ2n) is 7.12. The van der Waals surface area contributed by atoms with Crippen LogP contribution in [0.4, 0.5) is 5.69 Å². The highest BCUT2D eigenvalue weighted by atomic mass is 35.5. The van der Waals surface area contributed by atoms with Crippen LogP contribution in [0.2, 0.25) is 5.02 Å². The van der Waals surface area contributed by atoms with Crippen molar-refractivity contribution in [3.05, 3.63) is 58.6 Å². The molecule has 0 aliphatic carbocycles. The van der Waals surface area contributed by atoms with Crippen molar-refractivity contribution >= 4 is 27.3 Å². The summed E-state index contributed by atoms with van der Waals surface area (Å²) in [5.74, 6) is 0. The van der Waals surface area contributed by atoms with Gasteiger partial charge < -0.3 is 9.64 Å². The maximum atomic E-state index is 12.9. The monoisotopic (exact) mass is 406 g/mol.